The van der Waals surface area contributed by atoms with E-state index in [0.29, 0.717) is 6.42 Å². The minimum atomic E-state index is -5.47. The first-order chi connectivity index (χ1) is 7.01. The van der Waals surface area contributed by atoms with Crippen molar-refractivity contribution in [1.29, 1.82) is 0 Å². The quantitative estimate of drug-likeness (QED) is 0.759. The molecule has 0 aliphatic heterocycles. The van der Waals surface area contributed by atoms with Gasteiger partial charge in [-0.1, -0.05) is 20.3 Å². The monoisotopic (exact) mass is 252 g/mol. The predicted molar refractivity (Wildman–Crippen MR) is 45.7 cm³/mol. The van der Waals surface area contributed by atoms with E-state index in [9.17, 15) is 26.3 Å². The molecule has 0 aliphatic rings. The number of halogens is 6. The van der Waals surface area contributed by atoms with Crippen LogP contribution < -0.4 is 0 Å². The zero-order chi connectivity index (χ0) is 13.1. The number of alkyl halides is 6. The number of hydrogen-bond acceptors (Lipinski definition) is 1. The van der Waals surface area contributed by atoms with Gasteiger partial charge in [-0.05, 0) is 12.3 Å². The Balaban J connectivity index is 4.92. The van der Waals surface area contributed by atoms with Crippen LogP contribution in [-0.2, 0) is 0 Å². The van der Waals surface area contributed by atoms with E-state index in [2.05, 4.69) is 0 Å². The van der Waals surface area contributed by atoms with Crippen LogP contribution in [-0.4, -0.2) is 23.6 Å². The second-order valence-corrected chi connectivity index (χ2v) is 3.82. The summed E-state index contributed by atoms with van der Waals surface area (Å²) in [6.45, 7) is 2.80. The summed E-state index contributed by atoms with van der Waals surface area (Å²) in [7, 11) is 0. The van der Waals surface area contributed by atoms with Crippen LogP contribution in [0.4, 0.5) is 26.3 Å². The molecule has 1 nitrogen and oxygen atoms in total. The first-order valence-corrected chi connectivity index (χ1v) is 4.83. The summed E-state index contributed by atoms with van der Waals surface area (Å²) in [5.74, 6) is -4.71. The first kappa shape index (κ1) is 15.5. The predicted octanol–water partition coefficient (Wildman–Crippen LogP) is 3.52. The Kier molecular flexibility index (Phi) is 5.10. The van der Waals surface area contributed by atoms with Crippen LogP contribution in [0, 0.1) is 11.8 Å². The normalized spacial score (nSPS) is 17.6. The Bertz CT molecular complexity index is 195. The van der Waals surface area contributed by atoms with Crippen molar-refractivity contribution in [2.24, 2.45) is 11.8 Å². The molecule has 0 saturated carbocycles. The maximum absolute atomic E-state index is 12.2. The molecule has 0 aromatic carbocycles. The lowest BCUT2D eigenvalue weighted by molar-refractivity contribution is -0.310. The minimum absolute atomic E-state index is 0.115. The van der Waals surface area contributed by atoms with Gasteiger partial charge in [0.15, 0.2) is 5.92 Å². The molecule has 0 rings (SSSR count). The lowest BCUT2D eigenvalue weighted by Crippen LogP contribution is -2.47. The van der Waals surface area contributed by atoms with Crippen LogP contribution in [0.5, 0.6) is 0 Å². The van der Waals surface area contributed by atoms with Crippen molar-refractivity contribution in [3.63, 3.8) is 0 Å². The third-order valence-electron chi connectivity index (χ3n) is 2.37. The van der Waals surface area contributed by atoms with Gasteiger partial charge in [-0.25, -0.2) is 0 Å². The van der Waals surface area contributed by atoms with Crippen molar-refractivity contribution >= 4 is 0 Å². The molecule has 0 aromatic rings. The van der Waals surface area contributed by atoms with Gasteiger partial charge < -0.3 is 5.11 Å². The molecule has 0 aliphatic carbocycles. The second kappa shape index (κ2) is 5.25. The van der Waals surface area contributed by atoms with E-state index in [-0.39, 0.29) is 6.42 Å². The average Bonchev–Trinajstić information content (AvgIpc) is 1.98. The van der Waals surface area contributed by atoms with E-state index in [4.69, 9.17) is 5.11 Å². The maximum atomic E-state index is 12.2. The largest absolute Gasteiger partial charge is 0.403 e. The van der Waals surface area contributed by atoms with Crippen LogP contribution in [0.1, 0.15) is 26.7 Å². The minimum Gasteiger partial charge on any atom is -0.392 e. The summed E-state index contributed by atoms with van der Waals surface area (Å²) >= 11 is 0. The van der Waals surface area contributed by atoms with E-state index >= 15 is 0 Å². The Morgan fingerprint density at radius 1 is 1.00 bits per heavy atom. The number of aliphatic hydroxyl groups is 1. The molecule has 2 atom stereocenters. The second-order valence-electron chi connectivity index (χ2n) is 3.82. The molecule has 0 radical (unpaired) electrons. The standard InChI is InChI=1S/C9H14F6O/c1-3-4-5(2)6(16)7(8(10,11)12)9(13,14)15/h5-7,16H,3-4H2,1-2H3. The highest BCUT2D eigenvalue weighted by atomic mass is 19.4. The molecule has 0 fully saturated rings. The van der Waals surface area contributed by atoms with Gasteiger partial charge in [0, 0.05) is 0 Å². The molecule has 0 aromatic heterocycles. The van der Waals surface area contributed by atoms with E-state index in [1.54, 1.807) is 6.92 Å². The van der Waals surface area contributed by atoms with Crippen molar-refractivity contribution in [1.82, 2.24) is 0 Å². The van der Waals surface area contributed by atoms with Crippen molar-refractivity contribution in [2.75, 3.05) is 0 Å². The average molecular weight is 252 g/mol. The topological polar surface area (TPSA) is 20.2 Å². The maximum Gasteiger partial charge on any atom is 0.403 e. The van der Waals surface area contributed by atoms with Crippen molar-refractivity contribution < 1.29 is 31.4 Å². The fourth-order valence-corrected chi connectivity index (χ4v) is 1.53. The van der Waals surface area contributed by atoms with Crippen LogP contribution in [0.15, 0.2) is 0 Å². The molecular formula is C9H14F6O. The molecule has 0 spiro atoms. The fourth-order valence-electron chi connectivity index (χ4n) is 1.53. The fraction of sp³-hybridized carbons (Fsp3) is 1.00. The Labute approximate surface area is 89.4 Å². The van der Waals surface area contributed by atoms with Crippen LogP contribution in [0.3, 0.4) is 0 Å². The van der Waals surface area contributed by atoms with Crippen molar-refractivity contribution in [2.45, 2.75) is 45.1 Å². The molecule has 7 heteroatoms. The zero-order valence-corrected chi connectivity index (χ0v) is 8.86. The zero-order valence-electron chi connectivity index (χ0n) is 8.86. The Morgan fingerprint density at radius 2 is 1.38 bits per heavy atom. The molecule has 2 unspecified atom stereocenters. The van der Waals surface area contributed by atoms with Crippen LogP contribution >= 0.6 is 0 Å². The molecule has 0 saturated heterocycles. The van der Waals surface area contributed by atoms with E-state index < -0.39 is 30.3 Å². The van der Waals surface area contributed by atoms with Crippen LogP contribution in [0.25, 0.3) is 0 Å². The van der Waals surface area contributed by atoms with Gasteiger partial charge >= 0.3 is 12.4 Å². The highest BCUT2D eigenvalue weighted by Gasteiger charge is 2.60. The molecule has 0 heterocycles. The summed E-state index contributed by atoms with van der Waals surface area (Å²) in [6.07, 6.45) is -12.9. The number of rotatable bonds is 4. The van der Waals surface area contributed by atoms with E-state index in [1.165, 1.54) is 6.92 Å². The molecule has 1 N–H and O–H groups in total. The number of hydrogen-bond donors (Lipinski definition) is 1. The Hall–Kier alpha value is -0.460. The highest BCUT2D eigenvalue weighted by Crippen LogP contribution is 2.43. The molecule has 98 valence electrons. The first-order valence-electron chi connectivity index (χ1n) is 4.83. The summed E-state index contributed by atoms with van der Waals surface area (Å²) in [4.78, 5) is 0. The van der Waals surface area contributed by atoms with Gasteiger partial charge in [0.05, 0.1) is 6.10 Å². The van der Waals surface area contributed by atoms with Crippen molar-refractivity contribution in [3.8, 4) is 0 Å². The van der Waals surface area contributed by atoms with Gasteiger partial charge in [0.1, 0.15) is 0 Å². The summed E-state index contributed by atoms with van der Waals surface area (Å²) in [6, 6.07) is 0. The highest BCUT2D eigenvalue weighted by molar-refractivity contribution is 4.84. The van der Waals surface area contributed by atoms with Gasteiger partial charge in [-0.3, -0.25) is 0 Å². The molecular weight excluding hydrogens is 238 g/mol. The van der Waals surface area contributed by atoms with Crippen LogP contribution in [0.2, 0.25) is 0 Å². The SMILES string of the molecule is CCCC(C)C(O)C(C(F)(F)F)C(F)(F)F. The Morgan fingerprint density at radius 3 is 1.62 bits per heavy atom. The van der Waals surface area contributed by atoms with E-state index in [0.717, 1.165) is 0 Å². The van der Waals surface area contributed by atoms with Gasteiger partial charge in [-0.2, -0.15) is 26.3 Å². The molecule has 0 bridgehead atoms. The summed E-state index contributed by atoms with van der Waals surface area (Å²) < 4.78 is 73.1. The lowest BCUT2D eigenvalue weighted by Gasteiger charge is -2.30. The third-order valence-corrected chi connectivity index (χ3v) is 2.37. The molecule has 0 amide bonds. The van der Waals surface area contributed by atoms with Gasteiger partial charge in [0.2, 0.25) is 0 Å². The number of aliphatic hydroxyl groups excluding tert-OH is 1. The van der Waals surface area contributed by atoms with Gasteiger partial charge in [0.25, 0.3) is 0 Å². The lowest BCUT2D eigenvalue weighted by atomic mass is 9.88. The molecule has 16 heavy (non-hydrogen) atoms. The van der Waals surface area contributed by atoms with Gasteiger partial charge in [-0.15, -0.1) is 0 Å². The summed E-state index contributed by atoms with van der Waals surface area (Å²) in [5, 5.41) is 9.14. The smallest absolute Gasteiger partial charge is 0.392 e. The van der Waals surface area contributed by atoms with E-state index in [1.807, 2.05) is 0 Å². The summed E-state index contributed by atoms with van der Waals surface area (Å²) in [5.41, 5.74) is 0. The third kappa shape index (κ3) is 4.19. The van der Waals surface area contributed by atoms with Crippen molar-refractivity contribution in [3.05, 3.63) is 0 Å².